The number of hydrogen-bond acceptors (Lipinski definition) is 5. The van der Waals surface area contributed by atoms with Gasteiger partial charge in [-0.1, -0.05) is 22.0 Å². The maximum atomic E-state index is 12.5. The van der Waals surface area contributed by atoms with Crippen LogP contribution in [0.15, 0.2) is 47.1 Å². The standard InChI is InChI=1S/C17H17BrN2O4S/c18-13-3-1-4-14(9-13)24-17-15(5-2-7-19-17)16(21)20-10-12-6-8-25(22,23)11-12/h1-5,7,9,12H,6,8,10-11H2,(H,20,21)/t12-/m0/s1. The highest BCUT2D eigenvalue weighted by atomic mass is 79.9. The molecule has 6 nitrogen and oxygen atoms in total. The molecule has 0 spiro atoms. The van der Waals surface area contributed by atoms with Crippen molar-refractivity contribution in [1.29, 1.82) is 0 Å². The van der Waals surface area contributed by atoms with Crippen LogP contribution in [0.2, 0.25) is 0 Å². The van der Waals surface area contributed by atoms with Gasteiger partial charge in [0.1, 0.15) is 11.3 Å². The molecule has 1 aliphatic rings. The van der Waals surface area contributed by atoms with Gasteiger partial charge in [0, 0.05) is 17.2 Å². The minimum absolute atomic E-state index is 0.0416. The second kappa shape index (κ2) is 7.53. The number of sulfone groups is 1. The van der Waals surface area contributed by atoms with Gasteiger partial charge in [0.2, 0.25) is 5.88 Å². The van der Waals surface area contributed by atoms with Crippen molar-refractivity contribution in [3.8, 4) is 11.6 Å². The van der Waals surface area contributed by atoms with E-state index in [1.54, 1.807) is 30.5 Å². The molecule has 1 aromatic carbocycles. The highest BCUT2D eigenvalue weighted by molar-refractivity contribution is 9.10. The molecule has 0 radical (unpaired) electrons. The Hall–Kier alpha value is -1.93. The summed E-state index contributed by atoms with van der Waals surface area (Å²) in [5.41, 5.74) is 0.309. The molecule has 1 aromatic heterocycles. The number of carbonyl (C=O) groups excluding carboxylic acids is 1. The highest BCUT2D eigenvalue weighted by Crippen LogP contribution is 2.25. The summed E-state index contributed by atoms with van der Waals surface area (Å²) in [6, 6.07) is 10.5. The van der Waals surface area contributed by atoms with Gasteiger partial charge in [0.15, 0.2) is 9.84 Å². The van der Waals surface area contributed by atoms with Gasteiger partial charge in [-0.25, -0.2) is 13.4 Å². The molecule has 1 N–H and O–H groups in total. The summed E-state index contributed by atoms with van der Waals surface area (Å²) in [6.45, 7) is 0.323. The summed E-state index contributed by atoms with van der Waals surface area (Å²) in [5, 5.41) is 2.78. The van der Waals surface area contributed by atoms with Crippen molar-refractivity contribution in [2.45, 2.75) is 6.42 Å². The van der Waals surface area contributed by atoms with E-state index in [2.05, 4.69) is 26.2 Å². The Balaban J connectivity index is 1.68. The van der Waals surface area contributed by atoms with Crippen LogP contribution < -0.4 is 10.1 Å². The fourth-order valence-electron chi connectivity index (χ4n) is 2.65. The number of benzene rings is 1. The van der Waals surface area contributed by atoms with Crippen LogP contribution in [0.4, 0.5) is 0 Å². The van der Waals surface area contributed by atoms with Crippen LogP contribution in [0.3, 0.4) is 0 Å². The Kier molecular flexibility index (Phi) is 5.39. The van der Waals surface area contributed by atoms with E-state index in [4.69, 9.17) is 4.74 Å². The molecule has 3 rings (SSSR count). The quantitative estimate of drug-likeness (QED) is 0.797. The lowest BCUT2D eigenvalue weighted by Gasteiger charge is -2.12. The van der Waals surface area contributed by atoms with Crippen LogP contribution in [0.5, 0.6) is 11.6 Å². The minimum atomic E-state index is -2.95. The molecule has 0 bridgehead atoms. The maximum Gasteiger partial charge on any atom is 0.256 e. The van der Waals surface area contributed by atoms with Gasteiger partial charge in [-0.05, 0) is 42.7 Å². The molecule has 25 heavy (non-hydrogen) atoms. The molecule has 132 valence electrons. The number of nitrogens with zero attached hydrogens (tertiary/aromatic N) is 1. The van der Waals surface area contributed by atoms with Crippen molar-refractivity contribution < 1.29 is 17.9 Å². The maximum absolute atomic E-state index is 12.5. The molecule has 1 aliphatic heterocycles. The first-order valence-corrected chi connectivity index (χ1v) is 10.4. The molecule has 1 saturated heterocycles. The third-order valence-electron chi connectivity index (χ3n) is 3.90. The van der Waals surface area contributed by atoms with Crippen LogP contribution in [0.25, 0.3) is 0 Å². The summed E-state index contributed by atoms with van der Waals surface area (Å²) in [6.07, 6.45) is 2.13. The zero-order valence-electron chi connectivity index (χ0n) is 13.3. The molecule has 1 atom stereocenters. The van der Waals surface area contributed by atoms with E-state index in [0.29, 0.717) is 24.3 Å². The molecular weight excluding hydrogens is 408 g/mol. The number of aromatic nitrogens is 1. The SMILES string of the molecule is O=C(NC[C@@H]1CCS(=O)(=O)C1)c1cccnc1Oc1cccc(Br)c1. The number of hydrogen-bond donors (Lipinski definition) is 1. The summed E-state index contributed by atoms with van der Waals surface area (Å²) < 4.78 is 29.6. The number of halogens is 1. The topological polar surface area (TPSA) is 85.4 Å². The lowest BCUT2D eigenvalue weighted by atomic mass is 10.1. The molecule has 8 heteroatoms. The molecule has 1 amide bonds. The third kappa shape index (κ3) is 4.79. The van der Waals surface area contributed by atoms with Crippen LogP contribution in [0, 0.1) is 5.92 Å². The summed E-state index contributed by atoms with van der Waals surface area (Å²) in [5.74, 6) is 0.711. The molecular formula is C17H17BrN2O4S. The van der Waals surface area contributed by atoms with E-state index in [0.717, 1.165) is 4.47 Å². The second-order valence-electron chi connectivity index (χ2n) is 5.89. The monoisotopic (exact) mass is 424 g/mol. The molecule has 2 aromatic rings. The Labute approximate surface area is 154 Å². The zero-order chi connectivity index (χ0) is 17.9. The van der Waals surface area contributed by atoms with E-state index in [9.17, 15) is 13.2 Å². The molecule has 1 fully saturated rings. The number of ether oxygens (including phenoxy) is 1. The van der Waals surface area contributed by atoms with E-state index < -0.39 is 9.84 Å². The average molecular weight is 425 g/mol. The predicted molar refractivity (Wildman–Crippen MR) is 97.5 cm³/mol. The Morgan fingerprint density at radius 1 is 1.32 bits per heavy atom. The molecule has 0 unspecified atom stereocenters. The molecule has 0 aliphatic carbocycles. The van der Waals surface area contributed by atoms with Gasteiger partial charge in [-0.15, -0.1) is 0 Å². The van der Waals surface area contributed by atoms with Crippen LogP contribution in [0.1, 0.15) is 16.8 Å². The van der Waals surface area contributed by atoms with E-state index >= 15 is 0 Å². The van der Waals surface area contributed by atoms with Crippen molar-refractivity contribution in [1.82, 2.24) is 10.3 Å². The summed E-state index contributed by atoms with van der Waals surface area (Å²) in [7, 11) is -2.95. The van der Waals surface area contributed by atoms with Gasteiger partial charge in [0.25, 0.3) is 5.91 Å². The highest BCUT2D eigenvalue weighted by Gasteiger charge is 2.28. The number of amides is 1. The number of nitrogens with one attached hydrogen (secondary N) is 1. The van der Waals surface area contributed by atoms with Crippen LogP contribution in [-0.2, 0) is 9.84 Å². The van der Waals surface area contributed by atoms with Gasteiger partial charge in [-0.2, -0.15) is 0 Å². The number of pyridine rings is 1. The number of carbonyl (C=O) groups is 1. The fourth-order valence-corrected chi connectivity index (χ4v) is 4.89. The third-order valence-corrected chi connectivity index (χ3v) is 6.23. The first-order chi connectivity index (χ1) is 11.9. The minimum Gasteiger partial charge on any atom is -0.438 e. The largest absolute Gasteiger partial charge is 0.438 e. The zero-order valence-corrected chi connectivity index (χ0v) is 15.7. The van der Waals surface area contributed by atoms with Crippen LogP contribution >= 0.6 is 15.9 Å². The van der Waals surface area contributed by atoms with E-state index in [1.165, 1.54) is 0 Å². The van der Waals surface area contributed by atoms with Gasteiger partial charge in [-0.3, -0.25) is 4.79 Å². The summed E-state index contributed by atoms with van der Waals surface area (Å²) in [4.78, 5) is 16.6. The van der Waals surface area contributed by atoms with E-state index in [-0.39, 0.29) is 29.2 Å². The fraction of sp³-hybridized carbons (Fsp3) is 0.294. The Bertz CT molecular complexity index is 886. The normalized spacial score (nSPS) is 18.7. The van der Waals surface area contributed by atoms with Gasteiger partial charge < -0.3 is 10.1 Å². The van der Waals surface area contributed by atoms with Crippen molar-refractivity contribution in [3.63, 3.8) is 0 Å². The van der Waals surface area contributed by atoms with Gasteiger partial charge >= 0.3 is 0 Å². The predicted octanol–water partition coefficient (Wildman–Crippen LogP) is 2.80. The van der Waals surface area contributed by atoms with Crippen molar-refractivity contribution in [2.24, 2.45) is 5.92 Å². The number of rotatable bonds is 5. The van der Waals surface area contributed by atoms with E-state index in [1.807, 2.05) is 12.1 Å². The Morgan fingerprint density at radius 2 is 2.16 bits per heavy atom. The van der Waals surface area contributed by atoms with Gasteiger partial charge in [0.05, 0.1) is 11.5 Å². The van der Waals surface area contributed by atoms with Crippen molar-refractivity contribution in [3.05, 3.63) is 52.6 Å². The second-order valence-corrected chi connectivity index (χ2v) is 9.04. The average Bonchev–Trinajstić information content (AvgIpc) is 2.92. The Morgan fingerprint density at radius 3 is 2.88 bits per heavy atom. The molecule has 0 saturated carbocycles. The lowest BCUT2D eigenvalue weighted by Crippen LogP contribution is -2.30. The lowest BCUT2D eigenvalue weighted by molar-refractivity contribution is 0.0945. The van der Waals surface area contributed by atoms with Crippen molar-refractivity contribution >= 4 is 31.7 Å². The van der Waals surface area contributed by atoms with Crippen molar-refractivity contribution in [2.75, 3.05) is 18.1 Å². The first-order valence-electron chi connectivity index (χ1n) is 7.80. The van der Waals surface area contributed by atoms with Crippen LogP contribution in [-0.4, -0.2) is 37.4 Å². The smallest absolute Gasteiger partial charge is 0.256 e. The summed E-state index contributed by atoms with van der Waals surface area (Å²) >= 11 is 3.37. The molecule has 2 heterocycles. The first kappa shape index (κ1) is 17.9.